The Hall–Kier alpha value is -2.34. The van der Waals surface area contributed by atoms with E-state index in [0.29, 0.717) is 5.02 Å². The first-order valence-electron chi connectivity index (χ1n) is 10.3. The van der Waals surface area contributed by atoms with E-state index in [0.717, 1.165) is 41.9 Å². The number of ether oxygens (including phenoxy) is 1. The van der Waals surface area contributed by atoms with Crippen LogP contribution in [0.2, 0.25) is 5.02 Å². The lowest BCUT2D eigenvalue weighted by Crippen LogP contribution is -2.34. The third kappa shape index (κ3) is 6.08. The van der Waals surface area contributed by atoms with Gasteiger partial charge in [0.05, 0.1) is 12.6 Å². The van der Waals surface area contributed by atoms with E-state index in [2.05, 4.69) is 53.7 Å². The zero-order chi connectivity index (χ0) is 21.5. The molecule has 0 saturated carbocycles. The van der Waals surface area contributed by atoms with Gasteiger partial charge in [0.2, 0.25) is 0 Å². The van der Waals surface area contributed by atoms with Gasteiger partial charge in [-0.25, -0.2) is 0 Å². The fraction of sp³-hybridized carbons (Fsp3) is 0.375. The molecule has 0 aliphatic carbocycles. The molecule has 0 fully saturated rings. The topological polar surface area (TPSA) is 49.4 Å². The predicted octanol–water partition coefficient (Wildman–Crippen LogP) is 4.98. The summed E-state index contributed by atoms with van der Waals surface area (Å²) in [5.41, 5.74) is 3.24. The summed E-state index contributed by atoms with van der Waals surface area (Å²) in [6.07, 6.45) is 2.85. The van der Waals surface area contributed by atoms with Crippen molar-refractivity contribution in [3.8, 4) is 5.75 Å². The number of halogens is 1. The lowest BCUT2D eigenvalue weighted by atomic mass is 10.0. The molecule has 0 aliphatic rings. The average molecular weight is 427 g/mol. The minimum Gasteiger partial charge on any atom is -0.497 e. The molecule has 3 aromatic rings. The summed E-state index contributed by atoms with van der Waals surface area (Å²) in [5.74, 6) is 0.879. The first kappa shape index (κ1) is 22.3. The molecule has 2 atom stereocenters. The van der Waals surface area contributed by atoms with Gasteiger partial charge in [-0.15, -0.1) is 0 Å². The normalized spacial score (nSPS) is 13.4. The first-order chi connectivity index (χ1) is 14.5. The van der Waals surface area contributed by atoms with Crippen molar-refractivity contribution >= 4 is 28.2 Å². The fourth-order valence-electron chi connectivity index (χ4n) is 3.49. The number of methoxy groups -OCH3 is 1. The van der Waals surface area contributed by atoms with Crippen molar-refractivity contribution in [3.63, 3.8) is 0 Å². The van der Waals surface area contributed by atoms with Crippen LogP contribution < -0.4 is 15.4 Å². The summed E-state index contributed by atoms with van der Waals surface area (Å²) in [5, 5.41) is 9.13. The highest BCUT2D eigenvalue weighted by Gasteiger charge is 2.14. The van der Waals surface area contributed by atoms with Crippen molar-refractivity contribution in [2.75, 3.05) is 39.6 Å². The van der Waals surface area contributed by atoms with E-state index in [1.807, 2.05) is 42.6 Å². The molecule has 0 amide bonds. The minimum atomic E-state index is 0.242. The summed E-state index contributed by atoms with van der Waals surface area (Å²) in [6.45, 7) is 4.04. The molecule has 2 unspecified atom stereocenters. The summed E-state index contributed by atoms with van der Waals surface area (Å²) < 4.78 is 5.30. The third-order valence-corrected chi connectivity index (χ3v) is 5.40. The van der Waals surface area contributed by atoms with Crippen LogP contribution in [0.3, 0.4) is 0 Å². The average Bonchev–Trinajstić information content (AvgIpc) is 2.73. The van der Waals surface area contributed by atoms with Crippen LogP contribution in [0, 0.1) is 0 Å². The van der Waals surface area contributed by atoms with Crippen molar-refractivity contribution in [1.29, 1.82) is 0 Å². The Morgan fingerprint density at radius 1 is 1.10 bits per heavy atom. The van der Waals surface area contributed by atoms with Crippen molar-refractivity contribution in [2.45, 2.75) is 25.4 Å². The van der Waals surface area contributed by atoms with Gasteiger partial charge in [0.15, 0.2) is 0 Å². The Balaban J connectivity index is 1.67. The Kier molecular flexibility index (Phi) is 7.91. The summed E-state index contributed by atoms with van der Waals surface area (Å²) in [4.78, 5) is 6.64. The van der Waals surface area contributed by atoms with Gasteiger partial charge in [0.1, 0.15) is 5.75 Å². The number of fused-ring (bicyclic) bond motifs is 1. The summed E-state index contributed by atoms with van der Waals surface area (Å²) >= 11 is 6.11. The Labute approximate surface area is 184 Å². The largest absolute Gasteiger partial charge is 0.497 e. The van der Waals surface area contributed by atoms with Gasteiger partial charge in [0.25, 0.3) is 0 Å². The molecule has 0 saturated heterocycles. The van der Waals surface area contributed by atoms with E-state index in [-0.39, 0.29) is 12.1 Å². The molecule has 0 aliphatic heterocycles. The van der Waals surface area contributed by atoms with Gasteiger partial charge in [-0.1, -0.05) is 23.7 Å². The zero-order valence-electron chi connectivity index (χ0n) is 18.2. The molecular weight excluding hydrogens is 396 g/mol. The molecule has 160 valence electrons. The molecule has 6 heteroatoms. The number of hydrogen-bond donors (Lipinski definition) is 2. The number of pyridine rings is 1. The van der Waals surface area contributed by atoms with E-state index in [1.54, 1.807) is 7.11 Å². The second kappa shape index (κ2) is 10.6. The molecule has 0 bridgehead atoms. The van der Waals surface area contributed by atoms with Crippen LogP contribution in [0.25, 0.3) is 10.9 Å². The van der Waals surface area contributed by atoms with Crippen LogP contribution in [0.15, 0.2) is 54.7 Å². The van der Waals surface area contributed by atoms with Gasteiger partial charge in [-0.2, -0.15) is 0 Å². The van der Waals surface area contributed by atoms with E-state index in [9.17, 15) is 0 Å². The maximum Gasteiger partial charge on any atom is 0.118 e. The molecule has 0 spiro atoms. The van der Waals surface area contributed by atoms with Crippen LogP contribution >= 0.6 is 11.6 Å². The Bertz CT molecular complexity index is 946. The quantitative estimate of drug-likeness (QED) is 0.478. The third-order valence-electron chi connectivity index (χ3n) is 5.16. The van der Waals surface area contributed by atoms with E-state index < -0.39 is 0 Å². The Morgan fingerprint density at radius 2 is 1.87 bits per heavy atom. The second-order valence-electron chi connectivity index (χ2n) is 7.89. The molecule has 3 rings (SSSR count). The number of nitrogens with zero attached hydrogens (tertiary/aromatic N) is 2. The molecule has 1 heterocycles. The maximum atomic E-state index is 6.11. The Morgan fingerprint density at radius 3 is 2.57 bits per heavy atom. The highest BCUT2D eigenvalue weighted by Crippen LogP contribution is 2.25. The SMILES string of the molecule is COc1ccc(C(CCN(C)C)NCC(C)Nc2ccnc3cc(Cl)ccc23)cc1. The van der Waals surface area contributed by atoms with Gasteiger partial charge < -0.3 is 20.3 Å². The zero-order valence-corrected chi connectivity index (χ0v) is 18.9. The second-order valence-corrected chi connectivity index (χ2v) is 8.33. The number of anilines is 1. The van der Waals surface area contributed by atoms with E-state index >= 15 is 0 Å². The molecule has 30 heavy (non-hydrogen) atoms. The first-order valence-corrected chi connectivity index (χ1v) is 10.7. The lowest BCUT2D eigenvalue weighted by molar-refractivity contribution is 0.359. The van der Waals surface area contributed by atoms with Gasteiger partial charge >= 0.3 is 0 Å². The predicted molar refractivity (Wildman–Crippen MR) is 127 cm³/mol. The van der Waals surface area contributed by atoms with E-state index in [4.69, 9.17) is 16.3 Å². The minimum absolute atomic E-state index is 0.242. The molecule has 2 aromatic carbocycles. The monoisotopic (exact) mass is 426 g/mol. The number of rotatable bonds is 10. The van der Waals surface area contributed by atoms with Gasteiger partial charge in [-0.3, -0.25) is 4.98 Å². The van der Waals surface area contributed by atoms with Crippen LogP contribution in [0.4, 0.5) is 5.69 Å². The molecule has 2 N–H and O–H groups in total. The van der Waals surface area contributed by atoms with E-state index in [1.165, 1.54) is 5.56 Å². The maximum absolute atomic E-state index is 6.11. The van der Waals surface area contributed by atoms with Crippen molar-refractivity contribution < 1.29 is 4.74 Å². The van der Waals surface area contributed by atoms with Gasteiger partial charge in [-0.05, 0) is 75.9 Å². The lowest BCUT2D eigenvalue weighted by Gasteiger charge is -2.24. The number of aromatic nitrogens is 1. The van der Waals surface area contributed by atoms with Crippen LogP contribution in [0.1, 0.15) is 24.9 Å². The molecule has 0 radical (unpaired) electrons. The number of hydrogen-bond acceptors (Lipinski definition) is 5. The standard InChI is InChI=1S/C24H31ClN4O/c1-17(28-23-11-13-26-24-15-19(25)7-10-21(23)24)16-27-22(12-14-29(2)3)18-5-8-20(30-4)9-6-18/h5-11,13,15,17,22,27H,12,14,16H2,1-4H3,(H,26,28). The van der Waals surface area contributed by atoms with Crippen molar-refractivity contribution in [3.05, 3.63) is 65.3 Å². The fourth-order valence-corrected chi connectivity index (χ4v) is 3.66. The smallest absolute Gasteiger partial charge is 0.118 e. The number of nitrogens with one attached hydrogen (secondary N) is 2. The van der Waals surface area contributed by atoms with Crippen LogP contribution in [-0.2, 0) is 0 Å². The van der Waals surface area contributed by atoms with Crippen LogP contribution in [0.5, 0.6) is 5.75 Å². The van der Waals surface area contributed by atoms with Crippen molar-refractivity contribution in [2.24, 2.45) is 0 Å². The number of benzene rings is 2. The summed E-state index contributed by atoms with van der Waals surface area (Å²) in [6, 6.07) is 16.7. The van der Waals surface area contributed by atoms with Crippen LogP contribution in [-0.4, -0.2) is 50.2 Å². The molecule has 5 nitrogen and oxygen atoms in total. The highest BCUT2D eigenvalue weighted by molar-refractivity contribution is 6.31. The summed E-state index contributed by atoms with van der Waals surface area (Å²) in [7, 11) is 5.91. The van der Waals surface area contributed by atoms with Gasteiger partial charge in [0, 0.05) is 40.9 Å². The van der Waals surface area contributed by atoms with Crippen molar-refractivity contribution in [1.82, 2.24) is 15.2 Å². The highest BCUT2D eigenvalue weighted by atomic mass is 35.5. The molecule has 1 aromatic heterocycles. The molecular formula is C24H31ClN4O.